The summed E-state index contributed by atoms with van der Waals surface area (Å²) < 4.78 is 5.29. The quantitative estimate of drug-likeness (QED) is 0.458. The average Bonchev–Trinajstić information content (AvgIpc) is 3.01. The molecule has 2 aromatic rings. The topological polar surface area (TPSA) is 109 Å². The van der Waals surface area contributed by atoms with Gasteiger partial charge < -0.3 is 19.5 Å². The third kappa shape index (κ3) is 4.29. The summed E-state index contributed by atoms with van der Waals surface area (Å²) in [6.07, 6.45) is -0.238. The number of carbonyl (C=O) groups is 2. The fraction of sp³-hybridized carbons (Fsp3) is 0.429. The summed E-state index contributed by atoms with van der Waals surface area (Å²) in [6, 6.07) is 6.41. The van der Waals surface area contributed by atoms with Crippen LogP contribution in [0.25, 0.3) is 0 Å². The van der Waals surface area contributed by atoms with Crippen LogP contribution in [0.1, 0.15) is 46.0 Å². The molecule has 160 valence electrons. The summed E-state index contributed by atoms with van der Waals surface area (Å²) in [4.78, 5) is 42.7. The van der Waals surface area contributed by atoms with Crippen molar-refractivity contribution in [3.05, 3.63) is 56.9 Å². The number of aryl methyl sites for hydroxylation is 1. The molecule has 9 nitrogen and oxygen atoms in total. The van der Waals surface area contributed by atoms with Gasteiger partial charge in [0.15, 0.2) is 0 Å². The Morgan fingerprint density at radius 2 is 1.70 bits per heavy atom. The molecule has 1 aromatic carbocycles. The highest BCUT2D eigenvalue weighted by Crippen LogP contribution is 2.24. The summed E-state index contributed by atoms with van der Waals surface area (Å²) in [7, 11) is 0. The molecule has 30 heavy (non-hydrogen) atoms. The molecule has 1 N–H and O–H groups in total. The van der Waals surface area contributed by atoms with Crippen LogP contribution in [-0.4, -0.2) is 59.0 Å². The number of benzene rings is 1. The van der Waals surface area contributed by atoms with Gasteiger partial charge in [0.1, 0.15) is 5.69 Å². The molecular weight excluding hydrogens is 388 g/mol. The molecule has 1 saturated heterocycles. The molecule has 1 fully saturated rings. The first-order chi connectivity index (χ1) is 14.2. The molecule has 0 aliphatic carbocycles. The van der Waals surface area contributed by atoms with Crippen LogP contribution in [-0.2, 0) is 4.74 Å². The zero-order valence-electron chi connectivity index (χ0n) is 17.6. The number of esters is 1. The number of nitro groups is 1. The number of piperazine rings is 1. The van der Waals surface area contributed by atoms with Crippen molar-refractivity contribution in [3.8, 4) is 0 Å². The zero-order valence-corrected chi connectivity index (χ0v) is 17.6. The number of carbonyl (C=O) groups excluding carboxylic acids is 2. The van der Waals surface area contributed by atoms with E-state index in [1.54, 1.807) is 44.7 Å². The number of rotatable bonds is 5. The van der Waals surface area contributed by atoms with E-state index in [0.717, 1.165) is 5.69 Å². The van der Waals surface area contributed by atoms with Crippen molar-refractivity contribution in [1.29, 1.82) is 0 Å². The monoisotopic (exact) mass is 414 g/mol. The average molecular weight is 414 g/mol. The van der Waals surface area contributed by atoms with Gasteiger partial charge in [-0.1, -0.05) is 0 Å². The molecule has 1 aliphatic heterocycles. The van der Waals surface area contributed by atoms with Crippen LogP contribution in [0.15, 0.2) is 24.3 Å². The van der Waals surface area contributed by atoms with E-state index in [1.807, 2.05) is 0 Å². The summed E-state index contributed by atoms with van der Waals surface area (Å²) in [6.45, 7) is 9.33. The zero-order chi connectivity index (χ0) is 22.0. The Hall–Kier alpha value is -3.36. The van der Waals surface area contributed by atoms with E-state index in [9.17, 15) is 19.7 Å². The van der Waals surface area contributed by atoms with E-state index in [1.165, 1.54) is 12.1 Å². The van der Waals surface area contributed by atoms with Crippen LogP contribution >= 0.6 is 0 Å². The summed E-state index contributed by atoms with van der Waals surface area (Å²) >= 11 is 0. The minimum absolute atomic E-state index is 0.0527. The Morgan fingerprint density at radius 3 is 2.23 bits per heavy atom. The maximum atomic E-state index is 13.0. The van der Waals surface area contributed by atoms with Crippen LogP contribution in [0.2, 0.25) is 0 Å². The van der Waals surface area contributed by atoms with E-state index in [4.69, 9.17) is 4.74 Å². The molecule has 0 atom stereocenters. The maximum absolute atomic E-state index is 13.0. The molecular formula is C21H26N4O5. The van der Waals surface area contributed by atoms with Crippen LogP contribution in [0.4, 0.5) is 11.4 Å². The number of non-ortho nitro benzene ring substituents is 1. The molecule has 1 amide bonds. The van der Waals surface area contributed by atoms with Gasteiger partial charge in [0.05, 0.1) is 16.6 Å². The number of anilines is 1. The number of aromatic nitrogens is 1. The summed E-state index contributed by atoms with van der Waals surface area (Å²) in [5.41, 5.74) is 2.98. The molecule has 1 aromatic heterocycles. The molecule has 9 heteroatoms. The number of nitrogens with one attached hydrogen (secondary N) is 1. The SMILES string of the molecule is Cc1[nH]c(C(=O)N2CCN(c3ccc([N+](=O)[O-])cc3)CC2)c(C)c1C(=O)OC(C)C. The molecule has 3 rings (SSSR count). The van der Waals surface area contributed by atoms with E-state index in [-0.39, 0.29) is 17.7 Å². The number of hydrogen-bond acceptors (Lipinski definition) is 6. The Morgan fingerprint density at radius 1 is 1.10 bits per heavy atom. The number of nitro benzene ring substituents is 1. The van der Waals surface area contributed by atoms with Gasteiger partial charge in [-0.3, -0.25) is 14.9 Å². The van der Waals surface area contributed by atoms with Gasteiger partial charge in [-0.15, -0.1) is 0 Å². The van der Waals surface area contributed by atoms with E-state index < -0.39 is 10.9 Å². The smallest absolute Gasteiger partial charge is 0.340 e. The Labute approximate surface area is 174 Å². The van der Waals surface area contributed by atoms with E-state index in [0.29, 0.717) is 48.7 Å². The normalized spacial score (nSPS) is 14.2. The van der Waals surface area contributed by atoms with Crippen LogP contribution in [0.5, 0.6) is 0 Å². The largest absolute Gasteiger partial charge is 0.459 e. The Kier molecular flexibility index (Phi) is 6.09. The van der Waals surface area contributed by atoms with Crippen molar-refractivity contribution in [2.45, 2.75) is 33.8 Å². The van der Waals surface area contributed by atoms with Crippen LogP contribution in [0, 0.1) is 24.0 Å². The number of amides is 1. The first-order valence-corrected chi connectivity index (χ1v) is 9.88. The van der Waals surface area contributed by atoms with Gasteiger partial charge >= 0.3 is 5.97 Å². The third-order valence-electron chi connectivity index (χ3n) is 5.19. The fourth-order valence-electron chi connectivity index (χ4n) is 3.65. The molecule has 0 saturated carbocycles. The number of aromatic amines is 1. The third-order valence-corrected chi connectivity index (χ3v) is 5.19. The van der Waals surface area contributed by atoms with Crippen molar-refractivity contribution >= 4 is 23.3 Å². The summed E-state index contributed by atoms with van der Waals surface area (Å²) in [5, 5.41) is 10.8. The number of ether oxygens (including phenoxy) is 1. The van der Waals surface area contributed by atoms with Crippen molar-refractivity contribution in [2.24, 2.45) is 0 Å². The van der Waals surface area contributed by atoms with Crippen molar-refractivity contribution in [2.75, 3.05) is 31.1 Å². The first kappa shape index (κ1) is 21.4. The highest BCUT2D eigenvalue weighted by Gasteiger charge is 2.28. The number of nitrogens with zero attached hydrogens (tertiary/aromatic N) is 3. The van der Waals surface area contributed by atoms with Gasteiger partial charge in [0, 0.05) is 49.7 Å². The predicted octanol–water partition coefficient (Wildman–Crippen LogP) is 3.07. The van der Waals surface area contributed by atoms with Crippen LogP contribution in [0.3, 0.4) is 0 Å². The van der Waals surface area contributed by atoms with Gasteiger partial charge in [-0.2, -0.15) is 0 Å². The second-order valence-corrected chi connectivity index (χ2v) is 7.63. The number of H-pyrrole nitrogens is 1. The van der Waals surface area contributed by atoms with E-state index >= 15 is 0 Å². The minimum Gasteiger partial charge on any atom is -0.459 e. The highest BCUT2D eigenvalue weighted by atomic mass is 16.6. The van der Waals surface area contributed by atoms with Crippen molar-refractivity contribution in [3.63, 3.8) is 0 Å². The molecule has 1 aliphatic rings. The van der Waals surface area contributed by atoms with Gasteiger partial charge in [-0.25, -0.2) is 4.79 Å². The second-order valence-electron chi connectivity index (χ2n) is 7.63. The fourth-order valence-corrected chi connectivity index (χ4v) is 3.65. The Balaban J connectivity index is 1.68. The first-order valence-electron chi connectivity index (χ1n) is 9.88. The highest BCUT2D eigenvalue weighted by molar-refractivity contribution is 6.00. The lowest BCUT2D eigenvalue weighted by Crippen LogP contribution is -2.49. The molecule has 0 radical (unpaired) electrons. The standard InChI is InChI=1S/C21H26N4O5/c1-13(2)30-21(27)18-14(3)19(22-15(18)4)20(26)24-11-9-23(10-12-24)16-5-7-17(8-6-16)25(28)29/h5-8,13,22H,9-12H2,1-4H3. The second kappa shape index (κ2) is 8.56. The lowest BCUT2D eigenvalue weighted by Gasteiger charge is -2.36. The van der Waals surface area contributed by atoms with Crippen LogP contribution < -0.4 is 4.90 Å². The van der Waals surface area contributed by atoms with Gasteiger partial charge in [0.2, 0.25) is 0 Å². The van der Waals surface area contributed by atoms with Gasteiger partial charge in [-0.05, 0) is 45.4 Å². The van der Waals surface area contributed by atoms with E-state index in [2.05, 4.69) is 9.88 Å². The maximum Gasteiger partial charge on any atom is 0.340 e. The minimum atomic E-state index is -0.432. The summed E-state index contributed by atoms with van der Waals surface area (Å²) in [5.74, 6) is -0.583. The van der Waals surface area contributed by atoms with Crippen molar-refractivity contribution < 1.29 is 19.2 Å². The lowest BCUT2D eigenvalue weighted by molar-refractivity contribution is -0.384. The number of hydrogen-bond donors (Lipinski definition) is 1. The molecule has 0 spiro atoms. The molecule has 2 heterocycles. The lowest BCUT2D eigenvalue weighted by atomic mass is 10.1. The molecule has 0 bridgehead atoms. The van der Waals surface area contributed by atoms with Crippen molar-refractivity contribution in [1.82, 2.24) is 9.88 Å². The molecule has 0 unspecified atom stereocenters. The Bertz CT molecular complexity index is 957. The predicted molar refractivity (Wildman–Crippen MR) is 112 cm³/mol. The van der Waals surface area contributed by atoms with Gasteiger partial charge in [0.25, 0.3) is 11.6 Å².